The van der Waals surface area contributed by atoms with Gasteiger partial charge in [-0.1, -0.05) is 0 Å². The number of rotatable bonds is 1. The number of piperidine rings is 1. The molecule has 0 saturated carbocycles. The molecule has 2 aliphatic rings. The molecule has 2 rings (SSSR count). The monoisotopic (exact) mass is 255 g/mol. The number of ether oxygens (including phenoxy) is 1. The van der Waals surface area contributed by atoms with Crippen LogP contribution in [-0.4, -0.2) is 41.2 Å². The average molecular weight is 255 g/mol. The van der Waals surface area contributed by atoms with Crippen molar-refractivity contribution in [3.05, 3.63) is 0 Å². The van der Waals surface area contributed by atoms with Gasteiger partial charge in [-0.25, -0.2) is 9.80 Å². The van der Waals surface area contributed by atoms with Crippen LogP contribution >= 0.6 is 0 Å². The Morgan fingerprint density at radius 3 is 2.89 bits per heavy atom. The number of nitrogens with one attached hydrogen (secondary N) is 2. The molecule has 0 radical (unpaired) electrons. The fraction of sp³-hybridized carbons (Fsp3) is 0.833. The summed E-state index contributed by atoms with van der Waals surface area (Å²) >= 11 is 0. The normalized spacial score (nSPS) is 28.5. The Kier molecular flexibility index (Phi) is 3.47. The number of nitrogens with zero attached hydrogens (tertiary/aromatic N) is 1. The summed E-state index contributed by atoms with van der Waals surface area (Å²) in [6.07, 6.45) is 1.92. The van der Waals surface area contributed by atoms with E-state index in [-0.39, 0.29) is 18.0 Å². The van der Waals surface area contributed by atoms with Gasteiger partial charge in [0.25, 0.3) is 0 Å². The Labute approximate surface area is 107 Å². The van der Waals surface area contributed by atoms with E-state index in [2.05, 4.69) is 10.7 Å². The summed E-state index contributed by atoms with van der Waals surface area (Å²) in [5, 5.41) is 4.77. The predicted octanol–water partition coefficient (Wildman–Crippen LogP) is 0.779. The molecular formula is C12H21N3O3. The van der Waals surface area contributed by atoms with E-state index in [0.717, 1.165) is 19.4 Å². The highest BCUT2D eigenvalue weighted by molar-refractivity contribution is 5.80. The first-order valence-electron chi connectivity index (χ1n) is 6.41. The summed E-state index contributed by atoms with van der Waals surface area (Å²) in [5.74, 6) is 0.0582. The number of hydrazine groups is 1. The second-order valence-corrected chi connectivity index (χ2v) is 5.89. The molecule has 2 heterocycles. The third kappa shape index (κ3) is 3.13. The SMILES string of the molecule is CC(C)(C)OC(=O)NN1CCCC2NC(=O)CC21. The maximum atomic E-state index is 11.7. The number of amides is 2. The molecule has 0 aromatic heterocycles. The third-order valence-electron chi connectivity index (χ3n) is 3.15. The molecule has 2 aliphatic heterocycles. The van der Waals surface area contributed by atoms with Crippen LogP contribution in [0.4, 0.5) is 4.79 Å². The van der Waals surface area contributed by atoms with Gasteiger partial charge in [-0.05, 0) is 33.6 Å². The van der Waals surface area contributed by atoms with Crippen molar-refractivity contribution in [1.82, 2.24) is 15.8 Å². The molecule has 2 saturated heterocycles. The van der Waals surface area contributed by atoms with Crippen molar-refractivity contribution in [1.29, 1.82) is 0 Å². The molecule has 2 fully saturated rings. The number of fused-ring (bicyclic) bond motifs is 1. The van der Waals surface area contributed by atoms with E-state index >= 15 is 0 Å². The molecule has 0 spiro atoms. The molecular weight excluding hydrogens is 234 g/mol. The molecule has 2 N–H and O–H groups in total. The van der Waals surface area contributed by atoms with Crippen LogP contribution in [0.1, 0.15) is 40.0 Å². The summed E-state index contributed by atoms with van der Waals surface area (Å²) in [6, 6.07) is 0.208. The number of hydrogen-bond donors (Lipinski definition) is 2. The van der Waals surface area contributed by atoms with Gasteiger partial charge in [0.05, 0.1) is 6.04 Å². The minimum absolute atomic E-state index is 0.0544. The fourth-order valence-electron chi connectivity index (χ4n) is 2.49. The zero-order valence-corrected chi connectivity index (χ0v) is 11.2. The van der Waals surface area contributed by atoms with Gasteiger partial charge < -0.3 is 10.1 Å². The van der Waals surface area contributed by atoms with E-state index in [9.17, 15) is 9.59 Å². The van der Waals surface area contributed by atoms with Crippen LogP contribution in [0.25, 0.3) is 0 Å². The van der Waals surface area contributed by atoms with Crippen LogP contribution in [0.5, 0.6) is 0 Å². The summed E-state index contributed by atoms with van der Waals surface area (Å²) < 4.78 is 5.22. The molecule has 0 bridgehead atoms. The molecule has 0 aromatic carbocycles. The second-order valence-electron chi connectivity index (χ2n) is 5.89. The Morgan fingerprint density at radius 2 is 2.22 bits per heavy atom. The van der Waals surface area contributed by atoms with Crippen molar-refractivity contribution in [3.63, 3.8) is 0 Å². The van der Waals surface area contributed by atoms with Crippen LogP contribution in [0.3, 0.4) is 0 Å². The summed E-state index contributed by atoms with van der Waals surface area (Å²) in [4.78, 5) is 23.1. The topological polar surface area (TPSA) is 70.7 Å². The summed E-state index contributed by atoms with van der Waals surface area (Å²) in [6.45, 7) is 6.24. The maximum Gasteiger partial charge on any atom is 0.422 e. The third-order valence-corrected chi connectivity index (χ3v) is 3.15. The molecule has 18 heavy (non-hydrogen) atoms. The van der Waals surface area contributed by atoms with Gasteiger partial charge in [-0.2, -0.15) is 0 Å². The van der Waals surface area contributed by atoms with Gasteiger partial charge >= 0.3 is 6.09 Å². The lowest BCUT2D eigenvalue weighted by molar-refractivity contribution is -0.119. The van der Waals surface area contributed by atoms with Gasteiger partial charge in [-0.3, -0.25) is 10.2 Å². The van der Waals surface area contributed by atoms with Crippen LogP contribution in [0, 0.1) is 0 Å². The van der Waals surface area contributed by atoms with E-state index in [0.29, 0.717) is 6.42 Å². The van der Waals surface area contributed by atoms with Crippen LogP contribution in [0.2, 0.25) is 0 Å². The predicted molar refractivity (Wildman–Crippen MR) is 65.6 cm³/mol. The lowest BCUT2D eigenvalue weighted by Gasteiger charge is -2.36. The largest absolute Gasteiger partial charge is 0.443 e. The molecule has 6 nitrogen and oxygen atoms in total. The lowest BCUT2D eigenvalue weighted by atomic mass is 9.99. The smallest absolute Gasteiger partial charge is 0.422 e. The molecule has 102 valence electrons. The van der Waals surface area contributed by atoms with E-state index in [1.165, 1.54) is 0 Å². The first-order chi connectivity index (χ1) is 8.35. The maximum absolute atomic E-state index is 11.7. The first-order valence-corrected chi connectivity index (χ1v) is 6.41. The number of hydrogen-bond acceptors (Lipinski definition) is 4. The zero-order valence-electron chi connectivity index (χ0n) is 11.2. The van der Waals surface area contributed by atoms with Crippen molar-refractivity contribution >= 4 is 12.0 Å². The van der Waals surface area contributed by atoms with Gasteiger partial charge in [-0.15, -0.1) is 0 Å². The van der Waals surface area contributed by atoms with Crippen molar-refractivity contribution in [2.45, 2.75) is 57.7 Å². The number of carbonyl (C=O) groups excluding carboxylic acids is 2. The average Bonchev–Trinajstić information content (AvgIpc) is 2.56. The molecule has 6 heteroatoms. The van der Waals surface area contributed by atoms with E-state index in [1.54, 1.807) is 0 Å². The van der Waals surface area contributed by atoms with Crippen molar-refractivity contribution in [2.24, 2.45) is 0 Å². The molecule has 2 atom stereocenters. The van der Waals surface area contributed by atoms with Gasteiger partial charge in [0.15, 0.2) is 0 Å². The Bertz CT molecular complexity index is 351. The Morgan fingerprint density at radius 1 is 1.50 bits per heavy atom. The zero-order chi connectivity index (χ0) is 13.3. The van der Waals surface area contributed by atoms with Crippen molar-refractivity contribution in [3.8, 4) is 0 Å². The first kappa shape index (κ1) is 13.1. The van der Waals surface area contributed by atoms with Crippen molar-refractivity contribution in [2.75, 3.05) is 6.54 Å². The fourth-order valence-corrected chi connectivity index (χ4v) is 2.49. The molecule has 2 amide bonds. The van der Waals surface area contributed by atoms with Crippen LogP contribution < -0.4 is 10.7 Å². The van der Waals surface area contributed by atoms with Crippen LogP contribution in [-0.2, 0) is 9.53 Å². The molecule has 0 aromatic rings. The highest BCUT2D eigenvalue weighted by Gasteiger charge is 2.40. The minimum atomic E-state index is -0.511. The number of carbonyl (C=O) groups is 2. The highest BCUT2D eigenvalue weighted by Crippen LogP contribution is 2.23. The van der Waals surface area contributed by atoms with Gasteiger partial charge in [0.2, 0.25) is 5.91 Å². The van der Waals surface area contributed by atoms with Gasteiger partial charge in [0.1, 0.15) is 5.60 Å². The van der Waals surface area contributed by atoms with E-state index in [1.807, 2.05) is 25.8 Å². The Hall–Kier alpha value is -1.30. The van der Waals surface area contributed by atoms with Gasteiger partial charge in [0, 0.05) is 19.0 Å². The molecule has 0 aliphatic carbocycles. The quantitative estimate of drug-likeness (QED) is 0.726. The van der Waals surface area contributed by atoms with E-state index in [4.69, 9.17) is 4.74 Å². The standard InChI is InChI=1S/C12H21N3O3/c1-12(2,3)18-11(17)14-15-6-4-5-8-9(15)7-10(16)13-8/h8-9H,4-7H2,1-3H3,(H,13,16)(H,14,17). The lowest BCUT2D eigenvalue weighted by Crippen LogP contribution is -2.56. The summed E-state index contributed by atoms with van der Waals surface area (Å²) in [5.41, 5.74) is 2.24. The highest BCUT2D eigenvalue weighted by atomic mass is 16.6. The minimum Gasteiger partial charge on any atom is -0.443 e. The summed E-state index contributed by atoms with van der Waals surface area (Å²) in [7, 11) is 0. The van der Waals surface area contributed by atoms with Crippen molar-refractivity contribution < 1.29 is 14.3 Å². The van der Waals surface area contributed by atoms with Crippen LogP contribution in [0.15, 0.2) is 0 Å². The second kappa shape index (κ2) is 4.76. The Balaban J connectivity index is 1.92. The molecule has 2 unspecified atom stereocenters. The van der Waals surface area contributed by atoms with E-state index < -0.39 is 11.7 Å².